The first-order valence-electron chi connectivity index (χ1n) is 7.15. The normalized spacial score (nSPS) is 10.7. The van der Waals surface area contributed by atoms with Crippen LogP contribution in [0, 0.1) is 11.3 Å². The summed E-state index contributed by atoms with van der Waals surface area (Å²) in [7, 11) is 0. The fraction of sp³-hybridized carbons (Fsp3) is 0.118. The minimum Gasteiger partial charge on any atom is -0.477 e. The van der Waals surface area contributed by atoms with Crippen LogP contribution in [0.4, 0.5) is 0 Å². The molecule has 6 nitrogen and oxygen atoms in total. The number of carboxylic acid groups (broad SMARTS) is 1. The zero-order valence-electron chi connectivity index (χ0n) is 12.7. The predicted octanol–water partition coefficient (Wildman–Crippen LogP) is 3.12. The molecule has 120 valence electrons. The molecule has 0 radical (unpaired) electrons. The van der Waals surface area contributed by atoms with Gasteiger partial charge in [0.25, 0.3) is 5.56 Å². The van der Waals surface area contributed by atoms with Crippen LogP contribution >= 0.6 is 15.9 Å². The number of nitriles is 1. The zero-order valence-corrected chi connectivity index (χ0v) is 14.2. The molecule has 3 rings (SSSR count). The van der Waals surface area contributed by atoms with Gasteiger partial charge in [-0.1, -0.05) is 28.1 Å². The Bertz CT molecular complexity index is 1060. The van der Waals surface area contributed by atoms with Crippen LogP contribution in [-0.4, -0.2) is 20.0 Å². The van der Waals surface area contributed by atoms with Crippen LogP contribution in [0.3, 0.4) is 0 Å². The van der Waals surface area contributed by atoms with E-state index in [1.807, 2.05) is 31.2 Å². The third-order valence-electron chi connectivity index (χ3n) is 3.82. The van der Waals surface area contributed by atoms with E-state index in [1.165, 1.54) is 16.8 Å². The van der Waals surface area contributed by atoms with E-state index in [-0.39, 0.29) is 5.56 Å². The summed E-state index contributed by atoms with van der Waals surface area (Å²) in [6.45, 7) is 2.26. The molecule has 1 N–H and O–H groups in total. The molecule has 0 atom stereocenters. The quantitative estimate of drug-likeness (QED) is 0.749. The highest BCUT2D eigenvalue weighted by Crippen LogP contribution is 2.29. The maximum absolute atomic E-state index is 12.5. The van der Waals surface area contributed by atoms with E-state index >= 15 is 0 Å². The molecule has 0 amide bonds. The molecule has 0 aliphatic heterocycles. The number of carbonyl (C=O) groups is 1. The molecule has 7 heteroatoms. The van der Waals surface area contributed by atoms with Crippen molar-refractivity contribution in [3.63, 3.8) is 0 Å². The van der Waals surface area contributed by atoms with Crippen LogP contribution in [0.1, 0.15) is 22.8 Å². The number of carboxylic acids is 1. The van der Waals surface area contributed by atoms with Gasteiger partial charge in [0.1, 0.15) is 22.8 Å². The number of benzene rings is 1. The smallest absolute Gasteiger partial charge is 0.342 e. The molecular formula is C17H12BrN3O3. The van der Waals surface area contributed by atoms with E-state index < -0.39 is 11.5 Å². The Kier molecular flexibility index (Phi) is 3.99. The highest BCUT2D eigenvalue weighted by Gasteiger charge is 2.20. The molecule has 24 heavy (non-hydrogen) atoms. The molecule has 0 saturated carbocycles. The second kappa shape index (κ2) is 5.98. The van der Waals surface area contributed by atoms with Gasteiger partial charge in [-0.15, -0.1) is 0 Å². The first-order chi connectivity index (χ1) is 11.5. The van der Waals surface area contributed by atoms with Crippen LogP contribution in [0.15, 0.2) is 45.9 Å². The lowest BCUT2D eigenvalue weighted by Gasteiger charge is -2.08. The average Bonchev–Trinajstić information content (AvgIpc) is 2.96. The van der Waals surface area contributed by atoms with Gasteiger partial charge < -0.3 is 9.67 Å². The Morgan fingerprint density at radius 3 is 2.50 bits per heavy atom. The van der Waals surface area contributed by atoms with E-state index in [0.29, 0.717) is 23.3 Å². The fourth-order valence-corrected chi connectivity index (χ4v) is 2.95. The SMILES string of the molecule is CCn1cc(C(=O)O)c(=O)n2cc(-c3ccc(Br)cc3)c(C#N)c12. The molecule has 0 fully saturated rings. The standard InChI is InChI=1S/C17H12BrN3O3/c1-2-20-8-14(17(23)24)16(22)21-9-13(12(7-19)15(20)21)10-3-5-11(18)6-4-10/h3-6,8-9H,2H2,1H3,(H,23,24). The summed E-state index contributed by atoms with van der Waals surface area (Å²) in [5.41, 5.74) is 1.12. The molecule has 0 bridgehead atoms. The van der Waals surface area contributed by atoms with Crippen molar-refractivity contribution in [2.45, 2.75) is 13.5 Å². The summed E-state index contributed by atoms with van der Waals surface area (Å²) in [6, 6.07) is 9.49. The monoisotopic (exact) mass is 385 g/mol. The second-order valence-corrected chi connectivity index (χ2v) is 6.08. The van der Waals surface area contributed by atoms with Gasteiger partial charge in [-0.3, -0.25) is 9.20 Å². The van der Waals surface area contributed by atoms with Gasteiger partial charge in [0.05, 0.1) is 0 Å². The number of aryl methyl sites for hydroxylation is 1. The van der Waals surface area contributed by atoms with Crippen LogP contribution in [0.2, 0.25) is 0 Å². The molecule has 3 aromatic rings. The maximum Gasteiger partial charge on any atom is 0.342 e. The minimum absolute atomic E-state index is 0.328. The van der Waals surface area contributed by atoms with Crippen molar-refractivity contribution in [3.05, 3.63) is 62.6 Å². The number of aromatic nitrogens is 2. The number of fused-ring (bicyclic) bond motifs is 1. The Morgan fingerprint density at radius 2 is 1.96 bits per heavy atom. The van der Waals surface area contributed by atoms with Crippen molar-refractivity contribution in [1.29, 1.82) is 5.26 Å². The van der Waals surface area contributed by atoms with Gasteiger partial charge in [-0.2, -0.15) is 5.26 Å². The van der Waals surface area contributed by atoms with E-state index in [0.717, 1.165) is 10.0 Å². The summed E-state index contributed by atoms with van der Waals surface area (Å²) < 4.78 is 3.74. The number of hydrogen-bond acceptors (Lipinski definition) is 3. The first kappa shape index (κ1) is 16.0. The predicted molar refractivity (Wildman–Crippen MR) is 92.1 cm³/mol. The van der Waals surface area contributed by atoms with E-state index in [9.17, 15) is 20.0 Å². The number of aromatic carboxylic acids is 1. The van der Waals surface area contributed by atoms with E-state index in [2.05, 4.69) is 22.0 Å². The maximum atomic E-state index is 12.5. The van der Waals surface area contributed by atoms with Crippen LogP contribution in [-0.2, 0) is 6.54 Å². The largest absolute Gasteiger partial charge is 0.477 e. The Labute approximate surface area is 145 Å². The first-order valence-corrected chi connectivity index (χ1v) is 7.95. The molecule has 0 aliphatic rings. The van der Waals surface area contributed by atoms with Crippen LogP contribution < -0.4 is 5.56 Å². The highest BCUT2D eigenvalue weighted by molar-refractivity contribution is 9.10. The number of halogens is 1. The lowest BCUT2D eigenvalue weighted by atomic mass is 10.1. The number of rotatable bonds is 3. The van der Waals surface area contributed by atoms with E-state index in [4.69, 9.17) is 0 Å². The summed E-state index contributed by atoms with van der Waals surface area (Å²) in [5, 5.41) is 18.8. The molecule has 0 saturated heterocycles. The molecule has 0 unspecified atom stereocenters. The highest BCUT2D eigenvalue weighted by atomic mass is 79.9. The van der Waals surface area contributed by atoms with Gasteiger partial charge >= 0.3 is 5.97 Å². The van der Waals surface area contributed by atoms with Crippen LogP contribution in [0.5, 0.6) is 0 Å². The fourth-order valence-electron chi connectivity index (χ4n) is 2.68. The summed E-state index contributed by atoms with van der Waals surface area (Å²) in [5.74, 6) is -1.29. The Hall–Kier alpha value is -2.85. The van der Waals surface area contributed by atoms with Gasteiger partial charge in [0.2, 0.25) is 0 Å². The Balaban J connectivity index is 2.44. The summed E-state index contributed by atoms with van der Waals surface area (Å²) >= 11 is 3.36. The van der Waals surface area contributed by atoms with Crippen LogP contribution in [0.25, 0.3) is 16.8 Å². The third kappa shape index (κ3) is 2.41. The lowest BCUT2D eigenvalue weighted by Crippen LogP contribution is -2.24. The van der Waals surface area contributed by atoms with Gasteiger partial charge in [0.15, 0.2) is 0 Å². The van der Waals surface area contributed by atoms with Crippen molar-refractivity contribution in [2.75, 3.05) is 0 Å². The number of nitrogens with zero attached hydrogens (tertiary/aromatic N) is 3. The second-order valence-electron chi connectivity index (χ2n) is 5.17. The van der Waals surface area contributed by atoms with Gasteiger partial charge in [-0.05, 0) is 24.6 Å². The summed E-state index contributed by atoms with van der Waals surface area (Å²) in [6.07, 6.45) is 2.81. The van der Waals surface area contributed by atoms with Crippen molar-refractivity contribution < 1.29 is 9.90 Å². The molecule has 1 aromatic carbocycles. The molecule has 0 spiro atoms. The number of hydrogen-bond donors (Lipinski definition) is 1. The van der Waals surface area contributed by atoms with Crippen molar-refractivity contribution >= 4 is 27.5 Å². The van der Waals surface area contributed by atoms with Crippen molar-refractivity contribution in [2.24, 2.45) is 0 Å². The Morgan fingerprint density at radius 1 is 1.29 bits per heavy atom. The van der Waals surface area contributed by atoms with Gasteiger partial charge in [-0.25, -0.2) is 4.79 Å². The molecule has 2 heterocycles. The van der Waals surface area contributed by atoms with Crippen molar-refractivity contribution in [3.8, 4) is 17.2 Å². The summed E-state index contributed by atoms with van der Waals surface area (Å²) in [4.78, 5) is 23.8. The zero-order chi connectivity index (χ0) is 17.4. The molecule has 0 aliphatic carbocycles. The van der Waals surface area contributed by atoms with Crippen molar-refractivity contribution in [1.82, 2.24) is 8.97 Å². The minimum atomic E-state index is -1.29. The third-order valence-corrected chi connectivity index (χ3v) is 4.35. The molecule has 2 aromatic heterocycles. The van der Waals surface area contributed by atoms with E-state index in [1.54, 1.807) is 4.57 Å². The lowest BCUT2D eigenvalue weighted by molar-refractivity contribution is 0.0693. The average molecular weight is 386 g/mol. The molecular weight excluding hydrogens is 374 g/mol. The van der Waals surface area contributed by atoms with Gasteiger partial charge in [0, 0.05) is 29.0 Å². The topological polar surface area (TPSA) is 87.5 Å².